The number of rotatable bonds is 8. The highest BCUT2D eigenvalue weighted by Crippen LogP contribution is 2.07. The molecular formula is C14H23N3O3. The molecule has 0 saturated carbocycles. The summed E-state index contributed by atoms with van der Waals surface area (Å²) in [5.74, 6) is -0.177. The van der Waals surface area contributed by atoms with E-state index in [2.05, 4.69) is 15.5 Å². The Hall–Kier alpha value is -1.53. The van der Waals surface area contributed by atoms with Crippen LogP contribution in [-0.2, 0) is 15.9 Å². The fraction of sp³-hybridized carbons (Fsp3) is 0.643. The first-order valence-electron chi connectivity index (χ1n) is 6.96. The van der Waals surface area contributed by atoms with Gasteiger partial charge >= 0.3 is 0 Å². The second kappa shape index (κ2) is 8.60. The molecule has 6 nitrogen and oxygen atoms in total. The van der Waals surface area contributed by atoms with Crippen molar-refractivity contribution in [2.24, 2.45) is 0 Å². The number of carbonyl (C=O) groups is 1. The highest BCUT2D eigenvalue weighted by molar-refractivity contribution is 5.95. The molecule has 1 heterocycles. The molecule has 0 saturated heterocycles. The lowest BCUT2D eigenvalue weighted by Gasteiger charge is -2.17. The molecule has 1 amide bonds. The molecule has 0 radical (unpaired) electrons. The van der Waals surface area contributed by atoms with Gasteiger partial charge in [0.25, 0.3) is 5.91 Å². The summed E-state index contributed by atoms with van der Waals surface area (Å²) in [6, 6.07) is 1.75. The van der Waals surface area contributed by atoms with Gasteiger partial charge < -0.3 is 14.8 Å². The molecule has 112 valence electrons. The molecule has 1 rings (SSSR count). The Kier molecular flexibility index (Phi) is 7.11. The number of hydrogen-bond donors (Lipinski definition) is 1. The first-order valence-corrected chi connectivity index (χ1v) is 6.96. The van der Waals surface area contributed by atoms with Crippen molar-refractivity contribution in [3.8, 4) is 0 Å². The maximum Gasteiger partial charge on any atom is 0.253 e. The minimum absolute atomic E-state index is 0.177. The zero-order valence-electron chi connectivity index (χ0n) is 12.6. The van der Waals surface area contributed by atoms with Gasteiger partial charge in [0.05, 0.1) is 23.5 Å². The molecular weight excluding hydrogens is 258 g/mol. The number of ether oxygens (including phenoxy) is 2. The zero-order valence-corrected chi connectivity index (χ0v) is 12.6. The van der Waals surface area contributed by atoms with Crippen LogP contribution in [-0.4, -0.2) is 42.2 Å². The minimum Gasteiger partial charge on any atom is -0.351 e. The molecule has 0 spiro atoms. The summed E-state index contributed by atoms with van der Waals surface area (Å²) >= 11 is 0. The number of nitrogens with one attached hydrogen (secondary N) is 1. The number of carbonyl (C=O) groups excluding carboxylic acids is 1. The van der Waals surface area contributed by atoms with E-state index in [0.717, 1.165) is 5.69 Å². The van der Waals surface area contributed by atoms with E-state index in [-0.39, 0.29) is 5.91 Å². The third-order valence-electron chi connectivity index (χ3n) is 2.71. The second-order valence-electron chi connectivity index (χ2n) is 4.25. The quantitative estimate of drug-likeness (QED) is 0.731. The van der Waals surface area contributed by atoms with Crippen LogP contribution in [0.25, 0.3) is 0 Å². The van der Waals surface area contributed by atoms with Gasteiger partial charge in [0, 0.05) is 13.2 Å². The highest BCUT2D eigenvalue weighted by atomic mass is 16.7. The van der Waals surface area contributed by atoms with Crippen molar-refractivity contribution < 1.29 is 14.3 Å². The molecule has 1 N–H and O–H groups in total. The average Bonchev–Trinajstić information content (AvgIpc) is 2.45. The Bertz CT molecular complexity index is 432. The number of aromatic nitrogens is 2. The van der Waals surface area contributed by atoms with Crippen molar-refractivity contribution in [2.75, 3.05) is 19.8 Å². The zero-order chi connectivity index (χ0) is 15.0. The van der Waals surface area contributed by atoms with Crippen LogP contribution in [0.5, 0.6) is 0 Å². The summed E-state index contributed by atoms with van der Waals surface area (Å²) in [5, 5.41) is 10.8. The molecule has 0 aliphatic heterocycles. The van der Waals surface area contributed by atoms with Crippen molar-refractivity contribution >= 4 is 5.91 Å². The van der Waals surface area contributed by atoms with Crippen LogP contribution < -0.4 is 5.32 Å². The standard InChI is InChI=1S/C14H23N3O3/c1-5-12-11(8-10(4)16-17-12)14(18)15-9-13(19-6-2)20-7-3/h8,13H,5-7,9H2,1-4H3,(H,15,18). The van der Waals surface area contributed by atoms with Gasteiger partial charge in [0.1, 0.15) is 0 Å². The van der Waals surface area contributed by atoms with Gasteiger partial charge in [-0.2, -0.15) is 10.2 Å². The summed E-state index contributed by atoms with van der Waals surface area (Å²) in [6.45, 7) is 8.92. The molecule has 20 heavy (non-hydrogen) atoms. The number of aryl methyl sites for hydroxylation is 2. The molecule has 0 aromatic carbocycles. The van der Waals surface area contributed by atoms with Gasteiger partial charge in [0.15, 0.2) is 6.29 Å². The minimum atomic E-state index is -0.421. The molecule has 1 aromatic rings. The van der Waals surface area contributed by atoms with Crippen LogP contribution in [0.15, 0.2) is 6.07 Å². The second-order valence-corrected chi connectivity index (χ2v) is 4.25. The van der Waals surface area contributed by atoms with Crippen molar-refractivity contribution in [2.45, 2.75) is 40.4 Å². The summed E-state index contributed by atoms with van der Waals surface area (Å²) in [7, 11) is 0. The Balaban J connectivity index is 2.68. The van der Waals surface area contributed by atoms with Crippen LogP contribution >= 0.6 is 0 Å². The Labute approximate surface area is 119 Å². The first kappa shape index (κ1) is 16.5. The predicted octanol–water partition coefficient (Wildman–Crippen LogP) is 1.48. The fourth-order valence-corrected chi connectivity index (χ4v) is 1.78. The van der Waals surface area contributed by atoms with Gasteiger partial charge in [-0.05, 0) is 33.3 Å². The lowest BCUT2D eigenvalue weighted by Crippen LogP contribution is -2.36. The van der Waals surface area contributed by atoms with Crippen LogP contribution in [0, 0.1) is 6.92 Å². The van der Waals surface area contributed by atoms with Gasteiger partial charge in [0.2, 0.25) is 0 Å². The topological polar surface area (TPSA) is 73.3 Å². The average molecular weight is 281 g/mol. The SMILES string of the molecule is CCOC(CNC(=O)c1cc(C)nnc1CC)OCC. The molecule has 0 unspecified atom stereocenters. The molecule has 1 aromatic heterocycles. The van der Waals surface area contributed by atoms with Crippen molar-refractivity contribution in [3.63, 3.8) is 0 Å². The maximum atomic E-state index is 12.2. The van der Waals surface area contributed by atoms with Crippen LogP contribution in [0.1, 0.15) is 42.5 Å². The van der Waals surface area contributed by atoms with Crippen molar-refractivity contribution in [1.82, 2.24) is 15.5 Å². The molecule has 0 aliphatic carbocycles. The van der Waals surface area contributed by atoms with Crippen molar-refractivity contribution in [1.29, 1.82) is 0 Å². The third-order valence-corrected chi connectivity index (χ3v) is 2.71. The van der Waals surface area contributed by atoms with E-state index >= 15 is 0 Å². The van der Waals surface area contributed by atoms with Gasteiger partial charge in [-0.1, -0.05) is 6.92 Å². The highest BCUT2D eigenvalue weighted by Gasteiger charge is 2.15. The molecule has 6 heteroatoms. The maximum absolute atomic E-state index is 12.2. The molecule has 0 aliphatic rings. The Morgan fingerprint density at radius 1 is 1.25 bits per heavy atom. The monoisotopic (exact) mass is 281 g/mol. The van der Waals surface area contributed by atoms with Gasteiger partial charge in [-0.3, -0.25) is 4.79 Å². The molecule has 0 atom stereocenters. The van der Waals surface area contributed by atoms with E-state index in [0.29, 0.717) is 37.4 Å². The van der Waals surface area contributed by atoms with Gasteiger partial charge in [-0.25, -0.2) is 0 Å². The molecule has 0 bridgehead atoms. The Morgan fingerprint density at radius 3 is 2.45 bits per heavy atom. The largest absolute Gasteiger partial charge is 0.351 e. The summed E-state index contributed by atoms with van der Waals surface area (Å²) < 4.78 is 10.8. The lowest BCUT2D eigenvalue weighted by molar-refractivity contribution is -0.131. The smallest absolute Gasteiger partial charge is 0.253 e. The fourth-order valence-electron chi connectivity index (χ4n) is 1.78. The van der Waals surface area contributed by atoms with Crippen LogP contribution in [0.2, 0.25) is 0 Å². The molecule has 0 fully saturated rings. The van der Waals surface area contributed by atoms with Gasteiger partial charge in [-0.15, -0.1) is 0 Å². The van der Waals surface area contributed by atoms with Crippen LogP contribution in [0.4, 0.5) is 0 Å². The van der Waals surface area contributed by atoms with Crippen LogP contribution in [0.3, 0.4) is 0 Å². The predicted molar refractivity (Wildman–Crippen MR) is 75.5 cm³/mol. The van der Waals surface area contributed by atoms with Crippen molar-refractivity contribution in [3.05, 3.63) is 23.0 Å². The first-order chi connectivity index (χ1) is 9.62. The number of amides is 1. The van der Waals surface area contributed by atoms with E-state index in [9.17, 15) is 4.79 Å². The summed E-state index contributed by atoms with van der Waals surface area (Å²) in [6.07, 6.45) is 0.242. The normalized spacial score (nSPS) is 10.8. The number of hydrogen-bond acceptors (Lipinski definition) is 5. The summed E-state index contributed by atoms with van der Waals surface area (Å²) in [5.41, 5.74) is 1.97. The number of nitrogens with zero attached hydrogens (tertiary/aromatic N) is 2. The Morgan fingerprint density at radius 2 is 1.90 bits per heavy atom. The van der Waals surface area contributed by atoms with E-state index < -0.39 is 6.29 Å². The third kappa shape index (κ3) is 4.86. The van der Waals surface area contributed by atoms with E-state index in [1.165, 1.54) is 0 Å². The summed E-state index contributed by atoms with van der Waals surface area (Å²) in [4.78, 5) is 12.2. The van der Waals surface area contributed by atoms with E-state index in [1.807, 2.05) is 27.7 Å². The lowest BCUT2D eigenvalue weighted by atomic mass is 10.1. The van der Waals surface area contributed by atoms with E-state index in [4.69, 9.17) is 9.47 Å². The van der Waals surface area contributed by atoms with E-state index in [1.54, 1.807) is 6.07 Å².